The summed E-state index contributed by atoms with van der Waals surface area (Å²) < 4.78 is 5.55. The average Bonchev–Trinajstić information content (AvgIpc) is 2.69. The molecule has 2 N–H and O–H groups in total. The van der Waals surface area contributed by atoms with Crippen LogP contribution in [0.15, 0.2) is 66.7 Å². The van der Waals surface area contributed by atoms with Crippen molar-refractivity contribution in [2.75, 3.05) is 17.2 Å². The zero-order valence-corrected chi connectivity index (χ0v) is 16.8. The van der Waals surface area contributed by atoms with Gasteiger partial charge in [-0.1, -0.05) is 53.5 Å². The summed E-state index contributed by atoms with van der Waals surface area (Å²) in [5.74, 6) is 0.174. The summed E-state index contributed by atoms with van der Waals surface area (Å²) in [4.78, 5) is 12.1. The van der Waals surface area contributed by atoms with E-state index in [1.807, 2.05) is 55.5 Å². The van der Waals surface area contributed by atoms with Gasteiger partial charge in [-0.05, 0) is 54.4 Å². The van der Waals surface area contributed by atoms with Crippen LogP contribution in [0.1, 0.15) is 11.1 Å². The Kier molecular flexibility index (Phi) is 6.80. The SMILES string of the molecule is Cc1ccc(NC(=O)COc2ccc(CNc3ccccc3)cc2Cl)cc1Cl. The van der Waals surface area contributed by atoms with Gasteiger partial charge in [-0.2, -0.15) is 0 Å². The van der Waals surface area contributed by atoms with Crippen LogP contribution < -0.4 is 15.4 Å². The molecule has 0 spiro atoms. The van der Waals surface area contributed by atoms with Crippen LogP contribution >= 0.6 is 23.2 Å². The van der Waals surface area contributed by atoms with Crippen LogP contribution in [-0.4, -0.2) is 12.5 Å². The summed E-state index contributed by atoms with van der Waals surface area (Å²) in [5.41, 5.74) is 3.62. The number of carbonyl (C=O) groups is 1. The summed E-state index contributed by atoms with van der Waals surface area (Å²) in [5, 5.41) is 7.12. The predicted octanol–water partition coefficient (Wildman–Crippen LogP) is 5.93. The number of aryl methyl sites for hydroxylation is 1. The Hall–Kier alpha value is -2.69. The molecule has 28 heavy (non-hydrogen) atoms. The Morgan fingerprint density at radius 1 is 0.929 bits per heavy atom. The summed E-state index contributed by atoms with van der Waals surface area (Å²) in [6, 6.07) is 20.8. The Morgan fingerprint density at radius 3 is 2.43 bits per heavy atom. The highest BCUT2D eigenvalue weighted by molar-refractivity contribution is 6.32. The number of benzene rings is 3. The van der Waals surface area contributed by atoms with Gasteiger partial charge in [0.05, 0.1) is 5.02 Å². The van der Waals surface area contributed by atoms with Gasteiger partial charge in [0, 0.05) is 22.9 Å². The van der Waals surface area contributed by atoms with Gasteiger partial charge in [0.2, 0.25) is 0 Å². The molecule has 0 aliphatic heterocycles. The normalized spacial score (nSPS) is 10.4. The fraction of sp³-hybridized carbons (Fsp3) is 0.136. The Labute approximate surface area is 174 Å². The Bertz CT molecular complexity index is 962. The Balaban J connectivity index is 1.52. The summed E-state index contributed by atoms with van der Waals surface area (Å²) >= 11 is 12.4. The van der Waals surface area contributed by atoms with Gasteiger partial charge in [0.25, 0.3) is 5.91 Å². The minimum atomic E-state index is -0.286. The third-order valence-corrected chi connectivity index (χ3v) is 4.78. The second-order valence-corrected chi connectivity index (χ2v) is 7.10. The van der Waals surface area contributed by atoms with E-state index in [-0.39, 0.29) is 12.5 Å². The zero-order chi connectivity index (χ0) is 19.9. The largest absolute Gasteiger partial charge is 0.482 e. The smallest absolute Gasteiger partial charge is 0.262 e. The molecule has 0 radical (unpaired) electrons. The minimum absolute atomic E-state index is 0.146. The molecule has 3 aromatic rings. The van der Waals surface area contributed by atoms with Gasteiger partial charge >= 0.3 is 0 Å². The number of rotatable bonds is 7. The zero-order valence-electron chi connectivity index (χ0n) is 15.3. The second kappa shape index (κ2) is 9.49. The van der Waals surface area contributed by atoms with Gasteiger partial charge in [-0.3, -0.25) is 4.79 Å². The molecular formula is C22H20Cl2N2O2. The first-order valence-corrected chi connectivity index (χ1v) is 9.53. The maximum Gasteiger partial charge on any atom is 0.262 e. The highest BCUT2D eigenvalue weighted by Crippen LogP contribution is 2.26. The van der Waals surface area contributed by atoms with E-state index in [0.29, 0.717) is 28.0 Å². The number of carbonyl (C=O) groups excluding carboxylic acids is 1. The quantitative estimate of drug-likeness (QED) is 0.503. The van der Waals surface area contributed by atoms with Crippen LogP contribution in [-0.2, 0) is 11.3 Å². The number of hydrogen-bond donors (Lipinski definition) is 2. The molecule has 0 saturated carbocycles. The van der Waals surface area contributed by atoms with E-state index in [1.165, 1.54) is 0 Å². The fourth-order valence-corrected chi connectivity index (χ4v) is 2.98. The van der Waals surface area contributed by atoms with Gasteiger partial charge in [0.1, 0.15) is 5.75 Å². The molecule has 4 nitrogen and oxygen atoms in total. The maximum atomic E-state index is 12.1. The molecule has 0 atom stereocenters. The molecule has 1 amide bonds. The molecule has 0 saturated heterocycles. The van der Waals surface area contributed by atoms with Crippen molar-refractivity contribution in [3.63, 3.8) is 0 Å². The lowest BCUT2D eigenvalue weighted by Crippen LogP contribution is -2.20. The number of hydrogen-bond acceptors (Lipinski definition) is 3. The van der Waals surface area contributed by atoms with E-state index < -0.39 is 0 Å². The molecule has 3 aromatic carbocycles. The van der Waals surface area contributed by atoms with Gasteiger partial charge < -0.3 is 15.4 Å². The van der Waals surface area contributed by atoms with Gasteiger partial charge in [-0.25, -0.2) is 0 Å². The van der Waals surface area contributed by atoms with Gasteiger partial charge in [-0.15, -0.1) is 0 Å². The predicted molar refractivity (Wildman–Crippen MR) is 116 cm³/mol. The van der Waals surface area contributed by atoms with Crippen molar-refractivity contribution in [1.29, 1.82) is 0 Å². The molecule has 0 unspecified atom stereocenters. The highest BCUT2D eigenvalue weighted by atomic mass is 35.5. The second-order valence-electron chi connectivity index (χ2n) is 6.29. The number of ether oxygens (including phenoxy) is 1. The Morgan fingerprint density at radius 2 is 1.71 bits per heavy atom. The van der Waals surface area contributed by atoms with E-state index >= 15 is 0 Å². The van der Waals surface area contributed by atoms with Crippen molar-refractivity contribution in [3.8, 4) is 5.75 Å². The van der Waals surface area contributed by atoms with Crippen molar-refractivity contribution >= 4 is 40.5 Å². The number of nitrogens with one attached hydrogen (secondary N) is 2. The summed E-state index contributed by atoms with van der Waals surface area (Å²) in [6.07, 6.45) is 0. The topological polar surface area (TPSA) is 50.4 Å². The van der Waals surface area contributed by atoms with Crippen molar-refractivity contribution in [1.82, 2.24) is 0 Å². The molecule has 144 valence electrons. The van der Waals surface area contributed by atoms with E-state index in [1.54, 1.807) is 18.2 Å². The molecule has 0 aliphatic carbocycles. The molecule has 0 aromatic heterocycles. The highest BCUT2D eigenvalue weighted by Gasteiger charge is 2.08. The number of para-hydroxylation sites is 1. The molecular weight excluding hydrogens is 395 g/mol. The number of amides is 1. The van der Waals surface area contributed by atoms with E-state index in [0.717, 1.165) is 16.8 Å². The number of halogens is 2. The van der Waals surface area contributed by atoms with Gasteiger partial charge in [0.15, 0.2) is 6.61 Å². The van der Waals surface area contributed by atoms with E-state index in [2.05, 4.69) is 10.6 Å². The summed E-state index contributed by atoms with van der Waals surface area (Å²) in [7, 11) is 0. The average molecular weight is 415 g/mol. The molecule has 0 bridgehead atoms. The monoisotopic (exact) mass is 414 g/mol. The lowest BCUT2D eigenvalue weighted by atomic mass is 10.2. The number of anilines is 2. The van der Waals surface area contributed by atoms with Crippen molar-refractivity contribution in [3.05, 3.63) is 87.9 Å². The third kappa shape index (κ3) is 5.65. The standard InChI is InChI=1S/C22H20Cl2N2O2/c1-15-7-9-18(12-19(15)23)26-22(27)14-28-21-10-8-16(11-20(21)24)13-25-17-5-3-2-4-6-17/h2-12,25H,13-14H2,1H3,(H,26,27). The molecule has 0 aliphatic rings. The molecule has 3 rings (SSSR count). The lowest BCUT2D eigenvalue weighted by Gasteiger charge is -2.11. The van der Waals surface area contributed by atoms with Crippen LogP contribution in [0.3, 0.4) is 0 Å². The van der Waals surface area contributed by atoms with Crippen molar-refractivity contribution in [2.24, 2.45) is 0 Å². The molecule has 0 fully saturated rings. The first kappa shape index (κ1) is 20.1. The fourth-order valence-electron chi connectivity index (χ4n) is 2.54. The van der Waals surface area contributed by atoms with Crippen LogP contribution in [0.2, 0.25) is 10.0 Å². The van der Waals surface area contributed by atoms with Crippen molar-refractivity contribution < 1.29 is 9.53 Å². The molecule has 6 heteroatoms. The van der Waals surface area contributed by atoms with Crippen molar-refractivity contribution in [2.45, 2.75) is 13.5 Å². The molecule has 0 heterocycles. The first-order chi connectivity index (χ1) is 13.5. The maximum absolute atomic E-state index is 12.1. The van der Waals surface area contributed by atoms with E-state index in [9.17, 15) is 4.79 Å². The van der Waals surface area contributed by atoms with Crippen LogP contribution in [0, 0.1) is 6.92 Å². The van der Waals surface area contributed by atoms with Crippen LogP contribution in [0.4, 0.5) is 11.4 Å². The van der Waals surface area contributed by atoms with Crippen LogP contribution in [0.5, 0.6) is 5.75 Å². The van der Waals surface area contributed by atoms with Crippen LogP contribution in [0.25, 0.3) is 0 Å². The first-order valence-electron chi connectivity index (χ1n) is 8.77. The minimum Gasteiger partial charge on any atom is -0.482 e. The third-order valence-electron chi connectivity index (χ3n) is 4.08. The van der Waals surface area contributed by atoms with E-state index in [4.69, 9.17) is 27.9 Å². The summed E-state index contributed by atoms with van der Waals surface area (Å²) in [6.45, 7) is 2.39. The lowest BCUT2D eigenvalue weighted by molar-refractivity contribution is -0.118.